The minimum Gasteiger partial charge on any atom is -0.493 e. The van der Waals surface area contributed by atoms with Gasteiger partial charge in [-0.1, -0.05) is 44.2 Å². The quantitative estimate of drug-likeness (QED) is 0.270. The molecule has 188 valence electrons. The van der Waals surface area contributed by atoms with Crippen LogP contribution in [0.1, 0.15) is 50.6 Å². The molecule has 0 aliphatic rings. The predicted molar refractivity (Wildman–Crippen MR) is 139 cm³/mol. The van der Waals surface area contributed by atoms with Crippen LogP contribution in [-0.2, 0) is 22.4 Å². The summed E-state index contributed by atoms with van der Waals surface area (Å²) >= 11 is 0. The Balaban J connectivity index is 1.58. The monoisotopic (exact) mass is 478 g/mol. The Kier molecular flexibility index (Phi) is 10.4. The molecule has 1 heterocycles. The second-order valence-electron chi connectivity index (χ2n) is 8.64. The molecule has 3 aromatic rings. The SMILES string of the molecule is CCCN(CCC)[C@@H](Cc1ccc(OCCc2nc(-c3ccccc3)oc2C)cc1)C(=O)OCC. The molecule has 0 amide bonds. The summed E-state index contributed by atoms with van der Waals surface area (Å²) in [4.78, 5) is 19.6. The number of oxazole rings is 1. The van der Waals surface area contributed by atoms with Crippen molar-refractivity contribution in [2.45, 2.75) is 59.4 Å². The fourth-order valence-electron chi connectivity index (χ4n) is 4.17. The zero-order valence-corrected chi connectivity index (χ0v) is 21.5. The molecule has 0 bridgehead atoms. The van der Waals surface area contributed by atoms with E-state index in [0.29, 0.717) is 31.9 Å². The summed E-state index contributed by atoms with van der Waals surface area (Å²) in [6.45, 7) is 10.7. The van der Waals surface area contributed by atoms with Gasteiger partial charge >= 0.3 is 5.97 Å². The molecule has 3 rings (SSSR count). The fourth-order valence-corrected chi connectivity index (χ4v) is 4.17. The van der Waals surface area contributed by atoms with Gasteiger partial charge in [0.05, 0.1) is 18.9 Å². The van der Waals surface area contributed by atoms with E-state index in [0.717, 1.165) is 54.3 Å². The molecule has 0 aliphatic carbocycles. The zero-order chi connectivity index (χ0) is 25.0. The summed E-state index contributed by atoms with van der Waals surface area (Å²) in [5.74, 6) is 2.10. The standard InChI is InChI=1S/C29H38N2O4/c1-5-18-31(19-6-2)27(29(32)33-7-3)21-23-13-15-25(16-14-23)34-20-17-26-22(4)35-28(30-26)24-11-9-8-10-12-24/h8-16,27H,5-7,17-21H2,1-4H3/t27-/m0/s1. The number of carbonyl (C=O) groups excluding carboxylic acids is 1. The molecular formula is C29H38N2O4. The predicted octanol–water partition coefficient (Wildman–Crippen LogP) is 5.87. The molecule has 2 aromatic carbocycles. The van der Waals surface area contributed by atoms with E-state index in [1.54, 1.807) is 0 Å². The lowest BCUT2D eigenvalue weighted by molar-refractivity contribution is -0.149. The fraction of sp³-hybridized carbons (Fsp3) is 0.448. The van der Waals surface area contributed by atoms with E-state index >= 15 is 0 Å². The van der Waals surface area contributed by atoms with Gasteiger partial charge in [-0.2, -0.15) is 0 Å². The highest BCUT2D eigenvalue weighted by molar-refractivity contribution is 5.76. The molecule has 0 saturated heterocycles. The van der Waals surface area contributed by atoms with E-state index in [-0.39, 0.29) is 12.0 Å². The van der Waals surface area contributed by atoms with E-state index in [1.807, 2.05) is 68.4 Å². The van der Waals surface area contributed by atoms with Gasteiger partial charge in [0.25, 0.3) is 0 Å². The van der Waals surface area contributed by atoms with E-state index in [9.17, 15) is 4.79 Å². The topological polar surface area (TPSA) is 64.8 Å². The number of rotatable bonds is 14. The smallest absolute Gasteiger partial charge is 0.323 e. The molecule has 0 spiro atoms. The van der Waals surface area contributed by atoms with Crippen molar-refractivity contribution in [1.29, 1.82) is 0 Å². The summed E-state index contributed by atoms with van der Waals surface area (Å²) in [7, 11) is 0. The van der Waals surface area contributed by atoms with Gasteiger partial charge in [0.15, 0.2) is 0 Å². The van der Waals surface area contributed by atoms with Gasteiger partial charge in [0.2, 0.25) is 5.89 Å². The highest BCUT2D eigenvalue weighted by Crippen LogP contribution is 2.22. The van der Waals surface area contributed by atoms with Gasteiger partial charge in [-0.05, 0) is 76.0 Å². The number of esters is 1. The van der Waals surface area contributed by atoms with Crippen LogP contribution in [0.4, 0.5) is 0 Å². The summed E-state index contributed by atoms with van der Waals surface area (Å²) < 4.78 is 17.2. The lowest BCUT2D eigenvalue weighted by atomic mass is 10.0. The number of benzene rings is 2. The van der Waals surface area contributed by atoms with E-state index < -0.39 is 0 Å². The van der Waals surface area contributed by atoms with Crippen molar-refractivity contribution in [3.8, 4) is 17.2 Å². The Morgan fingerprint density at radius 1 is 1.00 bits per heavy atom. The second kappa shape index (κ2) is 13.7. The molecular weight excluding hydrogens is 440 g/mol. The minimum absolute atomic E-state index is 0.146. The maximum absolute atomic E-state index is 12.7. The average molecular weight is 479 g/mol. The molecule has 1 aromatic heterocycles. The van der Waals surface area contributed by atoms with Crippen molar-refractivity contribution >= 4 is 5.97 Å². The van der Waals surface area contributed by atoms with Crippen LogP contribution < -0.4 is 4.74 Å². The number of nitrogens with zero attached hydrogens (tertiary/aromatic N) is 2. The number of carbonyl (C=O) groups is 1. The molecule has 0 aliphatic heterocycles. The van der Waals surface area contributed by atoms with Crippen molar-refractivity contribution in [2.24, 2.45) is 0 Å². The molecule has 35 heavy (non-hydrogen) atoms. The molecule has 0 saturated carbocycles. The third-order valence-electron chi connectivity index (χ3n) is 5.89. The molecule has 6 nitrogen and oxygen atoms in total. The highest BCUT2D eigenvalue weighted by Gasteiger charge is 2.26. The van der Waals surface area contributed by atoms with Gasteiger partial charge in [-0.15, -0.1) is 0 Å². The summed E-state index contributed by atoms with van der Waals surface area (Å²) in [5, 5.41) is 0. The molecule has 0 unspecified atom stereocenters. The number of aryl methyl sites for hydroxylation is 1. The number of ether oxygens (including phenoxy) is 2. The lowest BCUT2D eigenvalue weighted by Crippen LogP contribution is -2.44. The van der Waals surface area contributed by atoms with Gasteiger partial charge in [-0.25, -0.2) is 4.98 Å². The number of aromatic nitrogens is 1. The Hall–Kier alpha value is -3.12. The average Bonchev–Trinajstić information content (AvgIpc) is 3.24. The largest absolute Gasteiger partial charge is 0.493 e. The van der Waals surface area contributed by atoms with Crippen molar-refractivity contribution in [1.82, 2.24) is 9.88 Å². The number of hydrogen-bond donors (Lipinski definition) is 0. The van der Waals surface area contributed by atoms with Gasteiger partial charge < -0.3 is 13.9 Å². The first-order valence-corrected chi connectivity index (χ1v) is 12.7. The van der Waals surface area contributed by atoms with Crippen LogP contribution in [0.5, 0.6) is 5.75 Å². The Bertz CT molecular complexity index is 1020. The minimum atomic E-state index is -0.268. The van der Waals surface area contributed by atoms with E-state index in [1.165, 1.54) is 0 Å². The van der Waals surface area contributed by atoms with Crippen LogP contribution in [0.25, 0.3) is 11.5 Å². The van der Waals surface area contributed by atoms with Crippen LogP contribution in [0.2, 0.25) is 0 Å². The molecule has 6 heteroatoms. The van der Waals surface area contributed by atoms with Crippen molar-refractivity contribution in [2.75, 3.05) is 26.3 Å². The third kappa shape index (κ3) is 7.69. The van der Waals surface area contributed by atoms with Gasteiger partial charge in [-0.3, -0.25) is 9.69 Å². The lowest BCUT2D eigenvalue weighted by Gasteiger charge is -2.29. The molecule has 0 N–H and O–H groups in total. The molecule has 0 radical (unpaired) electrons. The van der Waals surface area contributed by atoms with E-state index in [2.05, 4.69) is 23.7 Å². The third-order valence-corrected chi connectivity index (χ3v) is 5.89. The van der Waals surface area contributed by atoms with Crippen LogP contribution in [-0.4, -0.2) is 48.2 Å². The van der Waals surface area contributed by atoms with Crippen molar-refractivity contribution in [3.63, 3.8) is 0 Å². The second-order valence-corrected chi connectivity index (χ2v) is 8.64. The first kappa shape index (κ1) is 26.5. The Morgan fingerprint density at radius 2 is 1.69 bits per heavy atom. The maximum atomic E-state index is 12.7. The van der Waals surface area contributed by atoms with Crippen molar-refractivity contribution in [3.05, 3.63) is 71.6 Å². The Labute approximate surface area is 209 Å². The first-order chi connectivity index (χ1) is 17.0. The zero-order valence-electron chi connectivity index (χ0n) is 21.5. The van der Waals surface area contributed by atoms with Crippen LogP contribution in [0.15, 0.2) is 59.0 Å². The number of hydrogen-bond acceptors (Lipinski definition) is 6. The van der Waals surface area contributed by atoms with Crippen LogP contribution in [0.3, 0.4) is 0 Å². The van der Waals surface area contributed by atoms with Gasteiger partial charge in [0.1, 0.15) is 17.6 Å². The van der Waals surface area contributed by atoms with Crippen LogP contribution >= 0.6 is 0 Å². The summed E-state index contributed by atoms with van der Waals surface area (Å²) in [6.07, 6.45) is 3.29. The Morgan fingerprint density at radius 3 is 2.31 bits per heavy atom. The molecule has 0 fully saturated rings. The van der Waals surface area contributed by atoms with Crippen molar-refractivity contribution < 1.29 is 18.7 Å². The van der Waals surface area contributed by atoms with Gasteiger partial charge in [0, 0.05) is 12.0 Å². The normalized spacial score (nSPS) is 12.0. The summed E-state index contributed by atoms with van der Waals surface area (Å²) in [5.41, 5.74) is 2.97. The van der Waals surface area contributed by atoms with Crippen LogP contribution in [0, 0.1) is 6.92 Å². The molecule has 1 atom stereocenters. The van der Waals surface area contributed by atoms with E-state index in [4.69, 9.17) is 13.9 Å². The highest BCUT2D eigenvalue weighted by atomic mass is 16.5. The summed E-state index contributed by atoms with van der Waals surface area (Å²) in [6, 6.07) is 17.6. The first-order valence-electron chi connectivity index (χ1n) is 12.7. The maximum Gasteiger partial charge on any atom is 0.323 e.